The Morgan fingerprint density at radius 3 is 2.57 bits per heavy atom. The molecule has 4 rings (SSSR count). The van der Waals surface area contributed by atoms with Crippen molar-refractivity contribution in [2.45, 2.75) is 18.8 Å². The number of amides is 1. The number of rotatable bonds is 5. The van der Waals surface area contributed by atoms with Gasteiger partial charge in [0.25, 0.3) is 5.69 Å². The van der Waals surface area contributed by atoms with Crippen LogP contribution in [0.3, 0.4) is 0 Å². The number of non-ortho nitro benzene ring substituents is 1. The van der Waals surface area contributed by atoms with Crippen LogP contribution in [-0.4, -0.2) is 40.3 Å². The molecule has 1 aliphatic rings. The summed E-state index contributed by atoms with van der Waals surface area (Å²) in [6.45, 7) is 2.03. The molecular formula is C20H20N4O3S. The van der Waals surface area contributed by atoms with Crippen LogP contribution in [0.5, 0.6) is 0 Å². The van der Waals surface area contributed by atoms with E-state index in [2.05, 4.69) is 16.3 Å². The van der Waals surface area contributed by atoms with E-state index in [-0.39, 0.29) is 11.6 Å². The maximum absolute atomic E-state index is 12.3. The summed E-state index contributed by atoms with van der Waals surface area (Å²) >= 11 is 1.77. The lowest BCUT2D eigenvalue weighted by atomic mass is 9.97. The predicted octanol–water partition coefficient (Wildman–Crippen LogP) is 4.02. The van der Waals surface area contributed by atoms with E-state index in [1.54, 1.807) is 23.5 Å². The normalized spacial score (nSPS) is 15.6. The van der Waals surface area contributed by atoms with E-state index in [1.165, 1.54) is 21.8 Å². The minimum absolute atomic E-state index is 0.00918. The number of fused-ring (bicyclic) bond motifs is 1. The summed E-state index contributed by atoms with van der Waals surface area (Å²) in [5.74, 6) is 0.346. The molecule has 28 heavy (non-hydrogen) atoms. The van der Waals surface area contributed by atoms with Crippen LogP contribution in [0.25, 0.3) is 10.2 Å². The average Bonchev–Trinajstić information content (AvgIpc) is 3.13. The largest absolute Gasteiger partial charge is 0.325 e. The average molecular weight is 396 g/mol. The van der Waals surface area contributed by atoms with Gasteiger partial charge in [0.05, 0.1) is 26.7 Å². The number of thiazole rings is 1. The highest BCUT2D eigenvalue weighted by Crippen LogP contribution is 2.33. The lowest BCUT2D eigenvalue weighted by molar-refractivity contribution is -0.384. The van der Waals surface area contributed by atoms with Gasteiger partial charge in [0.2, 0.25) is 5.91 Å². The monoisotopic (exact) mass is 396 g/mol. The van der Waals surface area contributed by atoms with Crippen LogP contribution >= 0.6 is 11.3 Å². The number of carbonyl (C=O) groups excluding carboxylic acids is 1. The highest BCUT2D eigenvalue weighted by molar-refractivity contribution is 7.18. The fourth-order valence-electron chi connectivity index (χ4n) is 3.47. The van der Waals surface area contributed by atoms with E-state index in [0.717, 1.165) is 31.4 Å². The number of para-hydroxylation sites is 1. The number of nitrogens with zero attached hydrogens (tertiary/aromatic N) is 3. The molecule has 0 bridgehead atoms. The molecule has 7 nitrogen and oxygen atoms in total. The maximum Gasteiger partial charge on any atom is 0.269 e. The first-order chi connectivity index (χ1) is 13.6. The van der Waals surface area contributed by atoms with Crippen LogP contribution in [0.2, 0.25) is 0 Å². The number of piperidine rings is 1. The van der Waals surface area contributed by atoms with Crippen molar-refractivity contribution < 1.29 is 9.72 Å². The van der Waals surface area contributed by atoms with Crippen molar-refractivity contribution in [2.24, 2.45) is 0 Å². The predicted molar refractivity (Wildman–Crippen MR) is 110 cm³/mol. The van der Waals surface area contributed by atoms with Gasteiger partial charge < -0.3 is 5.32 Å². The first kappa shape index (κ1) is 18.5. The Bertz CT molecular complexity index is 961. The Hall–Kier alpha value is -2.84. The molecule has 3 aromatic rings. The quantitative estimate of drug-likeness (QED) is 0.520. The molecular weight excluding hydrogens is 376 g/mol. The zero-order valence-corrected chi connectivity index (χ0v) is 16.0. The van der Waals surface area contributed by atoms with Gasteiger partial charge in [0.1, 0.15) is 0 Å². The number of nitro groups is 1. The minimum Gasteiger partial charge on any atom is -0.325 e. The molecule has 0 unspecified atom stereocenters. The molecule has 144 valence electrons. The van der Waals surface area contributed by atoms with Crippen molar-refractivity contribution in [3.05, 3.63) is 63.7 Å². The number of hydrogen-bond donors (Lipinski definition) is 1. The molecule has 0 atom stereocenters. The Morgan fingerprint density at radius 1 is 1.18 bits per heavy atom. The molecule has 0 spiro atoms. The SMILES string of the molecule is O=C(CN1CCC(c2nc3ccccc3s2)CC1)Nc1ccc([N+](=O)[O-])cc1. The summed E-state index contributed by atoms with van der Waals surface area (Å²) < 4.78 is 1.22. The van der Waals surface area contributed by atoms with Crippen LogP contribution < -0.4 is 5.32 Å². The summed E-state index contributed by atoms with van der Waals surface area (Å²) in [5.41, 5.74) is 1.64. The summed E-state index contributed by atoms with van der Waals surface area (Å²) in [6, 6.07) is 14.1. The molecule has 0 radical (unpaired) electrons. The van der Waals surface area contributed by atoms with Gasteiger partial charge in [0.15, 0.2) is 0 Å². The van der Waals surface area contributed by atoms with E-state index in [9.17, 15) is 14.9 Å². The zero-order chi connectivity index (χ0) is 19.5. The van der Waals surface area contributed by atoms with Crippen LogP contribution in [0, 0.1) is 10.1 Å². The molecule has 8 heteroatoms. The summed E-state index contributed by atoms with van der Waals surface area (Å²) in [7, 11) is 0. The van der Waals surface area contributed by atoms with Gasteiger partial charge in [-0.15, -0.1) is 11.3 Å². The van der Waals surface area contributed by atoms with E-state index in [4.69, 9.17) is 4.98 Å². The highest BCUT2D eigenvalue weighted by atomic mass is 32.1. The molecule has 0 aliphatic carbocycles. The fraction of sp³-hybridized carbons (Fsp3) is 0.300. The molecule has 1 saturated heterocycles. The lowest BCUT2D eigenvalue weighted by Crippen LogP contribution is -2.38. The third kappa shape index (κ3) is 4.18. The number of aromatic nitrogens is 1. The van der Waals surface area contributed by atoms with Crippen molar-refractivity contribution >= 4 is 38.8 Å². The maximum atomic E-state index is 12.3. The van der Waals surface area contributed by atoms with Crippen LogP contribution in [-0.2, 0) is 4.79 Å². The summed E-state index contributed by atoms with van der Waals surface area (Å²) in [6.07, 6.45) is 1.98. The second kappa shape index (κ2) is 8.04. The Morgan fingerprint density at radius 2 is 1.89 bits per heavy atom. The van der Waals surface area contributed by atoms with Gasteiger partial charge in [-0.3, -0.25) is 19.8 Å². The van der Waals surface area contributed by atoms with Crippen molar-refractivity contribution in [3.63, 3.8) is 0 Å². The number of likely N-dealkylation sites (tertiary alicyclic amines) is 1. The highest BCUT2D eigenvalue weighted by Gasteiger charge is 2.24. The fourth-order valence-corrected chi connectivity index (χ4v) is 4.61. The van der Waals surface area contributed by atoms with E-state index < -0.39 is 4.92 Å². The van der Waals surface area contributed by atoms with E-state index >= 15 is 0 Å². The van der Waals surface area contributed by atoms with Gasteiger partial charge in [-0.25, -0.2) is 4.98 Å². The number of carbonyl (C=O) groups is 1. The standard InChI is InChI=1S/C20H20N4O3S/c25-19(21-15-5-7-16(8-6-15)24(26)27)13-23-11-9-14(10-12-23)20-22-17-3-1-2-4-18(17)28-20/h1-8,14H,9-13H2,(H,21,25). The third-order valence-electron chi connectivity index (χ3n) is 4.98. The van der Waals surface area contributed by atoms with Gasteiger partial charge in [-0.05, 0) is 50.2 Å². The molecule has 1 aromatic heterocycles. The van der Waals surface area contributed by atoms with Crippen LogP contribution in [0.15, 0.2) is 48.5 Å². The Kier molecular flexibility index (Phi) is 5.31. The zero-order valence-electron chi connectivity index (χ0n) is 15.2. The van der Waals surface area contributed by atoms with Gasteiger partial charge in [-0.2, -0.15) is 0 Å². The topological polar surface area (TPSA) is 88.4 Å². The second-order valence-corrected chi connectivity index (χ2v) is 7.98. The molecule has 1 fully saturated rings. The van der Waals surface area contributed by atoms with Crippen molar-refractivity contribution in [3.8, 4) is 0 Å². The van der Waals surface area contributed by atoms with Gasteiger partial charge in [0, 0.05) is 23.7 Å². The summed E-state index contributed by atoms with van der Waals surface area (Å²) in [4.78, 5) is 29.4. The first-order valence-corrected chi connectivity index (χ1v) is 10.0. The van der Waals surface area contributed by atoms with Gasteiger partial charge >= 0.3 is 0 Å². The van der Waals surface area contributed by atoms with Crippen molar-refractivity contribution in [1.29, 1.82) is 0 Å². The van der Waals surface area contributed by atoms with E-state index in [0.29, 0.717) is 18.2 Å². The molecule has 1 N–H and O–H groups in total. The van der Waals surface area contributed by atoms with Crippen molar-refractivity contribution in [2.75, 3.05) is 25.0 Å². The molecule has 1 amide bonds. The minimum atomic E-state index is -0.457. The molecule has 1 aliphatic heterocycles. The number of anilines is 1. The summed E-state index contributed by atoms with van der Waals surface area (Å²) in [5, 5.41) is 14.7. The number of benzene rings is 2. The Balaban J connectivity index is 1.29. The number of hydrogen-bond acceptors (Lipinski definition) is 6. The number of nitro benzene ring substituents is 1. The number of nitrogens with one attached hydrogen (secondary N) is 1. The van der Waals surface area contributed by atoms with Crippen molar-refractivity contribution in [1.82, 2.24) is 9.88 Å². The van der Waals surface area contributed by atoms with E-state index in [1.807, 2.05) is 18.2 Å². The smallest absolute Gasteiger partial charge is 0.269 e. The Labute approximate surface area is 166 Å². The third-order valence-corrected chi connectivity index (χ3v) is 6.18. The first-order valence-electron chi connectivity index (χ1n) is 9.20. The molecule has 2 aromatic carbocycles. The molecule has 0 saturated carbocycles. The van der Waals surface area contributed by atoms with Crippen LogP contribution in [0.1, 0.15) is 23.8 Å². The molecule has 2 heterocycles. The van der Waals surface area contributed by atoms with Crippen LogP contribution in [0.4, 0.5) is 11.4 Å². The second-order valence-electron chi connectivity index (χ2n) is 6.92. The lowest BCUT2D eigenvalue weighted by Gasteiger charge is -2.30. The van der Waals surface area contributed by atoms with Gasteiger partial charge in [-0.1, -0.05) is 12.1 Å².